The van der Waals surface area contributed by atoms with Crippen LogP contribution >= 0.6 is 0 Å². The van der Waals surface area contributed by atoms with E-state index in [1.165, 1.54) is 6.42 Å². The van der Waals surface area contributed by atoms with Gasteiger partial charge in [-0.25, -0.2) is 4.79 Å². The van der Waals surface area contributed by atoms with Crippen molar-refractivity contribution in [3.63, 3.8) is 0 Å². The third-order valence-electron chi connectivity index (χ3n) is 3.26. The van der Waals surface area contributed by atoms with Gasteiger partial charge in [-0.15, -0.1) is 0 Å². The number of nitrogens with one attached hydrogen (secondary N) is 2. The number of alkyl carbamates (subject to hydrolysis) is 1. The van der Waals surface area contributed by atoms with Crippen LogP contribution in [0, 0.1) is 11.8 Å². The molecular formula is C14H24N2O4. The quantitative estimate of drug-likeness (QED) is 0.657. The number of carbonyl (C=O) groups is 3. The molecule has 114 valence electrons. The SMILES string of the molecule is CC(C)COC(=O)NCC(=O)N[C@H](C=O)CC1CCC1. The van der Waals surface area contributed by atoms with Crippen molar-refractivity contribution in [2.45, 2.75) is 45.6 Å². The summed E-state index contributed by atoms with van der Waals surface area (Å²) in [5, 5.41) is 4.97. The third kappa shape index (κ3) is 6.54. The Morgan fingerprint density at radius 2 is 2.05 bits per heavy atom. The van der Waals surface area contributed by atoms with Crippen molar-refractivity contribution in [2.75, 3.05) is 13.2 Å². The van der Waals surface area contributed by atoms with Gasteiger partial charge in [-0.3, -0.25) is 4.79 Å². The number of ether oxygens (including phenoxy) is 1. The lowest BCUT2D eigenvalue weighted by atomic mass is 9.81. The van der Waals surface area contributed by atoms with E-state index in [1.807, 2.05) is 13.8 Å². The van der Waals surface area contributed by atoms with Crippen LogP contribution in [0.1, 0.15) is 39.5 Å². The molecule has 2 amide bonds. The Hall–Kier alpha value is -1.59. The van der Waals surface area contributed by atoms with Crippen LogP contribution in [0.15, 0.2) is 0 Å². The number of rotatable bonds is 8. The van der Waals surface area contributed by atoms with Gasteiger partial charge in [0.05, 0.1) is 12.6 Å². The van der Waals surface area contributed by atoms with Crippen LogP contribution in [0.5, 0.6) is 0 Å². The lowest BCUT2D eigenvalue weighted by Crippen LogP contribution is -2.44. The summed E-state index contributed by atoms with van der Waals surface area (Å²) in [7, 11) is 0. The minimum absolute atomic E-state index is 0.175. The zero-order valence-corrected chi connectivity index (χ0v) is 12.2. The van der Waals surface area contributed by atoms with Gasteiger partial charge in [0, 0.05) is 0 Å². The summed E-state index contributed by atoms with van der Waals surface area (Å²) < 4.78 is 4.88. The molecule has 0 unspecified atom stereocenters. The standard InChI is InChI=1S/C14H24N2O4/c1-10(2)9-20-14(19)15-7-13(18)16-12(8-17)6-11-4-3-5-11/h8,10-12H,3-7,9H2,1-2H3,(H,15,19)(H,16,18)/t12-/m0/s1. The molecule has 0 saturated heterocycles. The lowest BCUT2D eigenvalue weighted by Gasteiger charge is -2.27. The lowest BCUT2D eigenvalue weighted by molar-refractivity contribution is -0.123. The molecule has 0 aromatic rings. The fraction of sp³-hybridized carbons (Fsp3) is 0.786. The zero-order valence-electron chi connectivity index (χ0n) is 12.2. The van der Waals surface area contributed by atoms with E-state index in [0.29, 0.717) is 18.9 Å². The van der Waals surface area contributed by atoms with Gasteiger partial charge in [0.25, 0.3) is 0 Å². The molecule has 0 heterocycles. The Morgan fingerprint density at radius 3 is 2.55 bits per heavy atom. The van der Waals surface area contributed by atoms with E-state index in [9.17, 15) is 14.4 Å². The van der Waals surface area contributed by atoms with Crippen LogP contribution < -0.4 is 10.6 Å². The van der Waals surface area contributed by atoms with E-state index >= 15 is 0 Å². The van der Waals surface area contributed by atoms with Gasteiger partial charge in [-0.05, 0) is 18.3 Å². The van der Waals surface area contributed by atoms with Crippen molar-refractivity contribution >= 4 is 18.3 Å². The molecule has 0 spiro atoms. The first kappa shape index (κ1) is 16.5. The Labute approximate surface area is 119 Å². The summed E-state index contributed by atoms with van der Waals surface area (Å²) in [5.41, 5.74) is 0. The molecule has 6 nitrogen and oxygen atoms in total. The highest BCUT2D eigenvalue weighted by molar-refractivity contribution is 5.84. The van der Waals surface area contributed by atoms with E-state index < -0.39 is 12.1 Å². The van der Waals surface area contributed by atoms with Crippen molar-refractivity contribution in [3.05, 3.63) is 0 Å². The van der Waals surface area contributed by atoms with E-state index in [0.717, 1.165) is 19.1 Å². The van der Waals surface area contributed by atoms with Crippen LogP contribution in [-0.2, 0) is 14.3 Å². The number of hydrogen-bond donors (Lipinski definition) is 2. The molecule has 0 aromatic heterocycles. The Kier molecular flexibility index (Phi) is 7.04. The second-order valence-corrected chi connectivity index (χ2v) is 5.69. The van der Waals surface area contributed by atoms with Crippen LogP contribution in [-0.4, -0.2) is 37.5 Å². The number of amides is 2. The summed E-state index contributed by atoms with van der Waals surface area (Å²) in [5.74, 6) is 0.411. The normalized spacial score (nSPS) is 16.1. The minimum atomic E-state index is -0.615. The summed E-state index contributed by atoms with van der Waals surface area (Å²) in [4.78, 5) is 33.8. The molecule has 0 aromatic carbocycles. The van der Waals surface area contributed by atoms with E-state index in [2.05, 4.69) is 10.6 Å². The highest BCUT2D eigenvalue weighted by Gasteiger charge is 2.22. The summed E-state index contributed by atoms with van der Waals surface area (Å²) in [6.07, 6.45) is 4.28. The molecule has 1 atom stereocenters. The zero-order chi connectivity index (χ0) is 15.0. The maximum atomic E-state index is 11.6. The minimum Gasteiger partial charge on any atom is -0.449 e. The largest absolute Gasteiger partial charge is 0.449 e. The van der Waals surface area contributed by atoms with Gasteiger partial charge in [-0.2, -0.15) is 0 Å². The molecule has 0 aliphatic heterocycles. The molecule has 1 saturated carbocycles. The van der Waals surface area contributed by atoms with Gasteiger partial charge in [0.2, 0.25) is 5.91 Å². The molecule has 0 radical (unpaired) electrons. The van der Waals surface area contributed by atoms with Crippen LogP contribution in [0.2, 0.25) is 0 Å². The maximum absolute atomic E-state index is 11.6. The maximum Gasteiger partial charge on any atom is 0.407 e. The summed E-state index contributed by atoms with van der Waals surface area (Å²) in [6.45, 7) is 3.99. The first-order chi connectivity index (χ1) is 9.51. The van der Waals surface area contributed by atoms with Gasteiger partial charge < -0.3 is 20.2 Å². The van der Waals surface area contributed by atoms with Crippen LogP contribution in [0.4, 0.5) is 4.79 Å². The molecule has 2 N–H and O–H groups in total. The van der Waals surface area contributed by atoms with Gasteiger partial charge in [-0.1, -0.05) is 33.1 Å². The Balaban J connectivity index is 2.17. The predicted molar refractivity (Wildman–Crippen MR) is 74.1 cm³/mol. The highest BCUT2D eigenvalue weighted by atomic mass is 16.5. The van der Waals surface area contributed by atoms with E-state index in [-0.39, 0.29) is 18.4 Å². The average Bonchev–Trinajstić information content (AvgIpc) is 2.36. The Bertz CT molecular complexity index is 340. The van der Waals surface area contributed by atoms with Gasteiger partial charge in [0.15, 0.2) is 0 Å². The van der Waals surface area contributed by atoms with Crippen molar-refractivity contribution in [1.29, 1.82) is 0 Å². The smallest absolute Gasteiger partial charge is 0.407 e. The number of carbonyl (C=O) groups excluding carboxylic acids is 3. The van der Waals surface area contributed by atoms with Crippen molar-refractivity contribution in [1.82, 2.24) is 10.6 Å². The second-order valence-electron chi connectivity index (χ2n) is 5.69. The second kappa shape index (κ2) is 8.55. The number of aldehydes is 1. The summed E-state index contributed by atoms with van der Waals surface area (Å²) in [6, 6.07) is -0.457. The molecular weight excluding hydrogens is 260 g/mol. The molecule has 6 heteroatoms. The van der Waals surface area contributed by atoms with Crippen molar-refractivity contribution in [3.8, 4) is 0 Å². The monoisotopic (exact) mass is 284 g/mol. The van der Waals surface area contributed by atoms with Gasteiger partial charge >= 0.3 is 6.09 Å². The fourth-order valence-electron chi connectivity index (χ4n) is 1.94. The van der Waals surface area contributed by atoms with E-state index in [1.54, 1.807) is 0 Å². The Morgan fingerprint density at radius 1 is 1.35 bits per heavy atom. The fourth-order valence-corrected chi connectivity index (χ4v) is 1.94. The highest BCUT2D eigenvalue weighted by Crippen LogP contribution is 2.30. The molecule has 1 aliphatic carbocycles. The molecule has 1 fully saturated rings. The van der Waals surface area contributed by atoms with Crippen molar-refractivity contribution < 1.29 is 19.1 Å². The van der Waals surface area contributed by atoms with Crippen molar-refractivity contribution in [2.24, 2.45) is 11.8 Å². The van der Waals surface area contributed by atoms with Gasteiger partial charge in [0.1, 0.15) is 12.8 Å². The predicted octanol–water partition coefficient (Wildman–Crippen LogP) is 1.24. The third-order valence-corrected chi connectivity index (χ3v) is 3.26. The van der Waals surface area contributed by atoms with Crippen LogP contribution in [0.3, 0.4) is 0 Å². The molecule has 0 bridgehead atoms. The number of hydrogen-bond acceptors (Lipinski definition) is 4. The molecule has 1 aliphatic rings. The average molecular weight is 284 g/mol. The molecule has 1 rings (SSSR count). The molecule has 20 heavy (non-hydrogen) atoms. The first-order valence-corrected chi connectivity index (χ1v) is 7.16. The van der Waals surface area contributed by atoms with Crippen LogP contribution in [0.25, 0.3) is 0 Å². The van der Waals surface area contributed by atoms with E-state index in [4.69, 9.17) is 4.74 Å². The first-order valence-electron chi connectivity index (χ1n) is 7.16. The topological polar surface area (TPSA) is 84.5 Å². The summed E-state index contributed by atoms with van der Waals surface area (Å²) >= 11 is 0.